The van der Waals surface area contributed by atoms with Gasteiger partial charge in [-0.2, -0.15) is 0 Å². The van der Waals surface area contributed by atoms with Crippen molar-refractivity contribution >= 4 is 0 Å². The van der Waals surface area contributed by atoms with Crippen LogP contribution in [-0.2, 0) is 0 Å². The molecule has 30 valence electrons. The molecule has 5 heavy (non-hydrogen) atoms. The van der Waals surface area contributed by atoms with Crippen molar-refractivity contribution in [2.45, 2.75) is 20.6 Å². The predicted octanol–water partition coefficient (Wildman–Crippen LogP) is 1.97. The Morgan fingerprint density at radius 3 is 2.40 bits per heavy atom. The molecule has 0 aromatic heterocycles. The molecule has 0 amide bonds. The first kappa shape index (κ1) is 0.699. The smallest absolute Gasteiger partial charge is 0.0276 e. The van der Waals surface area contributed by atoms with Gasteiger partial charge in [0.15, 0.2) is 0 Å². The molecule has 0 heteroatoms. The molecule has 0 bridgehead atoms. The monoisotopic (exact) mass is 76.1 g/mol. The molecular weight excluding hydrogens is 60.1 g/mol. The maximum Gasteiger partial charge on any atom is 0.0276 e. The number of rotatable bonds is 0. The molecule has 0 saturated carbocycles. The summed E-state index contributed by atoms with van der Waals surface area (Å²) in [4.78, 5) is 0. The zero-order chi connectivity index (χ0) is 9.28. The summed E-state index contributed by atoms with van der Waals surface area (Å²) in [5.74, 6) is 0. The van der Waals surface area contributed by atoms with Crippen LogP contribution in [0.1, 0.15) is 28.9 Å². The zero-order valence-electron chi connectivity index (χ0n) is 9.08. The highest BCUT2D eigenvalue weighted by molar-refractivity contribution is 4.88. The highest BCUT2D eigenvalue weighted by atomic mass is 13.7. The zero-order valence-corrected chi connectivity index (χ0v) is 3.08. The van der Waals surface area contributed by atoms with E-state index >= 15 is 0 Å². The first-order valence-electron chi connectivity index (χ1n) is 4.37. The van der Waals surface area contributed by atoms with Crippen molar-refractivity contribution in [3.05, 3.63) is 11.6 Å². The fraction of sp³-hybridized carbons (Fsp3) is 0.600. The second-order valence-electron chi connectivity index (χ2n) is 0.702. The van der Waals surface area contributed by atoms with Gasteiger partial charge < -0.3 is 0 Å². The van der Waals surface area contributed by atoms with Crippen LogP contribution in [0.5, 0.6) is 0 Å². The summed E-state index contributed by atoms with van der Waals surface area (Å²) in [7, 11) is 0. The van der Waals surface area contributed by atoms with Crippen LogP contribution in [0.25, 0.3) is 0 Å². The van der Waals surface area contributed by atoms with Gasteiger partial charge in [0.2, 0.25) is 0 Å². The third-order valence-electron chi connectivity index (χ3n) is 0.289. The molecule has 0 atom stereocenters. The highest BCUT2D eigenvalue weighted by Gasteiger charge is 1.60. The van der Waals surface area contributed by atoms with Gasteiger partial charge in [0.25, 0.3) is 0 Å². The normalized spacial score (nSPS) is 29.8. The van der Waals surface area contributed by atoms with Crippen LogP contribution < -0.4 is 0 Å². The molecule has 0 saturated heterocycles. The van der Waals surface area contributed by atoms with Crippen molar-refractivity contribution in [2.75, 3.05) is 0 Å². The van der Waals surface area contributed by atoms with Crippen molar-refractivity contribution in [1.29, 1.82) is 0 Å². The largest absolute Gasteiger partial charge is 0.0890 e. The summed E-state index contributed by atoms with van der Waals surface area (Å²) >= 11 is 0. The molecule has 0 aromatic carbocycles. The van der Waals surface area contributed by atoms with Crippen LogP contribution >= 0.6 is 0 Å². The van der Waals surface area contributed by atoms with Gasteiger partial charge in [-0.15, -0.1) is 0 Å². The Labute approximate surface area is 41.9 Å². The molecule has 0 N–H and O–H groups in total. The molecule has 0 aliphatic rings. The minimum atomic E-state index is -2.50. The van der Waals surface area contributed by atoms with Crippen LogP contribution in [0.2, 0.25) is 0 Å². The van der Waals surface area contributed by atoms with Gasteiger partial charge in [-0.25, -0.2) is 0 Å². The minimum Gasteiger partial charge on any atom is -0.0890 e. The molecule has 0 fully saturated rings. The van der Waals surface area contributed by atoms with Crippen LogP contribution in [0.15, 0.2) is 11.6 Å². The molecule has 0 aliphatic heterocycles. The Balaban J connectivity index is 4.74. The summed E-state index contributed by atoms with van der Waals surface area (Å²) in [6.45, 7) is -3.59. The molecule has 0 aliphatic carbocycles. The van der Waals surface area contributed by atoms with Gasteiger partial charge in [-0.3, -0.25) is 0 Å². The van der Waals surface area contributed by atoms with Crippen molar-refractivity contribution in [3.8, 4) is 0 Å². The van der Waals surface area contributed by atoms with Crippen molar-refractivity contribution in [2.24, 2.45) is 0 Å². The third-order valence-corrected chi connectivity index (χ3v) is 0.289. The Morgan fingerprint density at radius 1 is 1.80 bits per heavy atom. The average molecular weight is 76.2 g/mol. The van der Waals surface area contributed by atoms with Crippen LogP contribution in [0.4, 0.5) is 0 Å². The molecule has 0 aromatic rings. The summed E-state index contributed by atoms with van der Waals surface area (Å²) < 4.78 is 41.1. The first-order valence-corrected chi connectivity index (χ1v) is 1.37. The maximum atomic E-state index is 6.85. The van der Waals surface area contributed by atoms with E-state index < -0.39 is 19.3 Å². The van der Waals surface area contributed by atoms with Gasteiger partial charge in [0.05, 0.1) is 0 Å². The van der Waals surface area contributed by atoms with E-state index in [1.54, 1.807) is 0 Å². The predicted molar refractivity (Wildman–Crippen MR) is 25.1 cm³/mol. The van der Waals surface area contributed by atoms with Crippen LogP contribution in [-0.4, -0.2) is 0 Å². The van der Waals surface area contributed by atoms with Gasteiger partial charge >= 0.3 is 0 Å². The molecular formula is C5H10. The quantitative estimate of drug-likeness (QED) is 0.387. The Bertz CT molecular complexity index is 143. The molecule has 0 radical (unpaired) electrons. The molecule has 0 rings (SSSR count). The summed E-state index contributed by atoms with van der Waals surface area (Å²) in [5.41, 5.74) is -0.468. The second-order valence-corrected chi connectivity index (χ2v) is 0.702. The molecule has 0 spiro atoms. The molecule has 0 unspecified atom stereocenters. The van der Waals surface area contributed by atoms with E-state index in [1.165, 1.54) is 6.92 Å². The lowest BCUT2D eigenvalue weighted by molar-refractivity contribution is 1.36. The molecule has 0 heterocycles. The standard InChI is InChI=1S/C5H10/c1-4-5(2)3/h4H,1-3H3/i2D3,3D3. The van der Waals surface area contributed by atoms with Crippen molar-refractivity contribution in [3.63, 3.8) is 0 Å². The van der Waals surface area contributed by atoms with Gasteiger partial charge in [0, 0.05) is 8.22 Å². The van der Waals surface area contributed by atoms with Crippen molar-refractivity contribution in [1.82, 2.24) is 0 Å². The number of hydrogen-bond donors (Lipinski definition) is 0. The topological polar surface area (TPSA) is 0 Å². The molecule has 0 nitrogen and oxygen atoms in total. The highest BCUT2D eigenvalue weighted by Crippen LogP contribution is 1.82. The van der Waals surface area contributed by atoms with Crippen molar-refractivity contribution < 1.29 is 8.22 Å². The van der Waals surface area contributed by atoms with E-state index in [1.807, 2.05) is 0 Å². The van der Waals surface area contributed by atoms with E-state index in [4.69, 9.17) is 8.22 Å². The van der Waals surface area contributed by atoms with E-state index in [0.29, 0.717) is 0 Å². The Hall–Kier alpha value is -0.260. The average Bonchev–Trinajstić information content (AvgIpc) is 1.56. The summed E-state index contributed by atoms with van der Waals surface area (Å²) in [5, 5.41) is 0. The third kappa shape index (κ3) is 3.74. The number of hydrogen-bond acceptors (Lipinski definition) is 0. The van der Waals surface area contributed by atoms with E-state index in [-0.39, 0.29) is 0 Å². The van der Waals surface area contributed by atoms with Crippen LogP contribution in [0, 0.1) is 0 Å². The van der Waals surface area contributed by atoms with E-state index in [9.17, 15) is 0 Å². The number of allylic oxidation sites excluding steroid dienone is 2. The lowest BCUT2D eigenvalue weighted by Gasteiger charge is -1.74. The van der Waals surface area contributed by atoms with E-state index in [0.717, 1.165) is 6.08 Å². The first-order chi connectivity index (χ1) is 4.69. The van der Waals surface area contributed by atoms with Gasteiger partial charge in [-0.05, 0) is 20.6 Å². The summed E-state index contributed by atoms with van der Waals surface area (Å²) in [6.07, 6.45) is 1.12. The lowest BCUT2D eigenvalue weighted by atomic mass is 10.3. The van der Waals surface area contributed by atoms with E-state index in [2.05, 4.69) is 0 Å². The summed E-state index contributed by atoms with van der Waals surface area (Å²) in [6, 6.07) is 0. The Kier molecular flexibility index (Phi) is 0.281. The lowest BCUT2D eigenvalue weighted by Crippen LogP contribution is -1.52. The SMILES string of the molecule is [2H]C([2H])([2H])C(=CC)C([2H])([2H])[2H]. The van der Waals surface area contributed by atoms with Gasteiger partial charge in [0.1, 0.15) is 0 Å². The second kappa shape index (κ2) is 2.01. The van der Waals surface area contributed by atoms with Gasteiger partial charge in [-0.1, -0.05) is 11.6 Å². The minimum absolute atomic E-state index is 0.468. The fourth-order valence-corrected chi connectivity index (χ4v) is 0. The van der Waals surface area contributed by atoms with Crippen LogP contribution in [0.3, 0.4) is 0 Å². The maximum absolute atomic E-state index is 6.85. The fourth-order valence-electron chi connectivity index (χ4n) is 0. The Morgan fingerprint density at radius 2 is 2.40 bits per heavy atom.